The first-order valence-electron chi connectivity index (χ1n) is 9.19. The van der Waals surface area contributed by atoms with Crippen LogP contribution in [0.15, 0.2) is 0 Å². The number of likely N-dealkylation sites (tertiary alicyclic amines) is 2. The Morgan fingerprint density at radius 2 is 1.40 bits per heavy atom. The Balaban J connectivity index is 1.91. The Morgan fingerprint density at radius 3 is 1.80 bits per heavy atom. The maximum atomic E-state index is 12.8. The molecule has 0 bridgehead atoms. The topological polar surface area (TPSA) is 81.1 Å². The summed E-state index contributed by atoms with van der Waals surface area (Å²) in [5.41, 5.74) is -1.22. The molecule has 2 saturated heterocycles. The summed E-state index contributed by atoms with van der Waals surface area (Å²) in [6.07, 6.45) is -0.256. The van der Waals surface area contributed by atoms with Crippen molar-refractivity contribution in [3.63, 3.8) is 0 Å². The van der Waals surface area contributed by atoms with Crippen LogP contribution in [0.3, 0.4) is 0 Å². The zero-order chi connectivity index (χ0) is 19.2. The average Bonchev–Trinajstić information content (AvgIpc) is 2.91. The summed E-state index contributed by atoms with van der Waals surface area (Å²) in [6, 6.07) is 0. The third-order valence-electron chi connectivity index (χ3n) is 5.97. The first-order chi connectivity index (χ1) is 11.3. The second kappa shape index (κ2) is 6.54. The van der Waals surface area contributed by atoms with Gasteiger partial charge in [-0.15, -0.1) is 0 Å². The number of aliphatic hydroxyl groups is 2. The van der Waals surface area contributed by atoms with Crippen molar-refractivity contribution in [2.24, 2.45) is 16.2 Å². The monoisotopic (exact) mass is 354 g/mol. The van der Waals surface area contributed by atoms with Gasteiger partial charge < -0.3 is 20.0 Å². The number of hydrogen-bond donors (Lipinski definition) is 2. The molecular weight excluding hydrogens is 320 g/mol. The van der Waals surface area contributed by atoms with Gasteiger partial charge in [-0.1, -0.05) is 41.5 Å². The van der Waals surface area contributed by atoms with Gasteiger partial charge in [0.15, 0.2) is 0 Å². The first-order valence-corrected chi connectivity index (χ1v) is 9.19. The van der Waals surface area contributed by atoms with Gasteiger partial charge in [0.1, 0.15) is 0 Å². The highest BCUT2D eigenvalue weighted by Crippen LogP contribution is 2.35. The van der Waals surface area contributed by atoms with Crippen molar-refractivity contribution < 1.29 is 19.8 Å². The summed E-state index contributed by atoms with van der Waals surface area (Å²) in [5, 5.41) is 20.1. The molecule has 144 valence electrons. The molecule has 2 fully saturated rings. The van der Waals surface area contributed by atoms with Crippen molar-refractivity contribution in [3.05, 3.63) is 0 Å². The molecule has 2 aliphatic rings. The van der Waals surface area contributed by atoms with E-state index >= 15 is 0 Å². The second-order valence-electron chi connectivity index (χ2n) is 9.85. The van der Waals surface area contributed by atoms with Gasteiger partial charge in [0, 0.05) is 48.8 Å². The summed E-state index contributed by atoms with van der Waals surface area (Å²) in [4.78, 5) is 28.7. The molecular formula is C19H34N2O4. The van der Waals surface area contributed by atoms with Crippen LogP contribution in [0.25, 0.3) is 0 Å². The van der Waals surface area contributed by atoms with Gasteiger partial charge in [-0.3, -0.25) is 9.59 Å². The maximum Gasteiger partial charge on any atom is 0.228 e. The van der Waals surface area contributed by atoms with E-state index in [-0.39, 0.29) is 22.6 Å². The van der Waals surface area contributed by atoms with E-state index in [0.717, 1.165) is 0 Å². The van der Waals surface area contributed by atoms with Crippen LogP contribution in [0.2, 0.25) is 0 Å². The van der Waals surface area contributed by atoms with Crippen LogP contribution in [0, 0.1) is 16.2 Å². The predicted molar refractivity (Wildman–Crippen MR) is 95.8 cm³/mol. The van der Waals surface area contributed by atoms with Crippen LogP contribution < -0.4 is 0 Å². The van der Waals surface area contributed by atoms with Crippen LogP contribution in [-0.4, -0.2) is 70.2 Å². The number of amides is 2. The molecule has 25 heavy (non-hydrogen) atoms. The largest absolute Gasteiger partial charge is 0.391 e. The van der Waals surface area contributed by atoms with E-state index in [2.05, 4.69) is 0 Å². The summed E-state index contributed by atoms with van der Waals surface area (Å²) >= 11 is 0. The number of β-amino-alcohol motifs (C(OH)–C–C–N with tert-alkyl or cyclic N) is 2. The highest BCUT2D eigenvalue weighted by molar-refractivity contribution is 5.84. The quantitative estimate of drug-likeness (QED) is 0.796. The molecule has 2 atom stereocenters. The molecule has 6 nitrogen and oxygen atoms in total. The molecule has 2 rings (SSSR count). The minimum absolute atomic E-state index is 0.00714. The molecule has 0 aromatic carbocycles. The van der Waals surface area contributed by atoms with Crippen LogP contribution in [0.5, 0.6) is 0 Å². The normalized spacial score (nSPS) is 28.5. The van der Waals surface area contributed by atoms with Crippen LogP contribution in [-0.2, 0) is 9.59 Å². The molecule has 0 aromatic rings. The first kappa shape index (κ1) is 20.2. The number of hydrogen-bond acceptors (Lipinski definition) is 4. The molecule has 0 aromatic heterocycles. The zero-order valence-electron chi connectivity index (χ0n) is 16.5. The number of aliphatic hydroxyl groups excluding tert-OH is 2. The highest BCUT2D eigenvalue weighted by Gasteiger charge is 2.44. The predicted octanol–water partition coefficient (Wildman–Crippen LogP) is 1.25. The van der Waals surface area contributed by atoms with Crippen LogP contribution >= 0.6 is 0 Å². The Kier molecular flexibility index (Phi) is 5.28. The van der Waals surface area contributed by atoms with E-state index in [1.807, 2.05) is 41.5 Å². The van der Waals surface area contributed by atoms with Gasteiger partial charge in [0.2, 0.25) is 11.8 Å². The third-order valence-corrected chi connectivity index (χ3v) is 5.97. The average molecular weight is 354 g/mol. The second-order valence-corrected chi connectivity index (χ2v) is 9.85. The van der Waals surface area contributed by atoms with Crippen molar-refractivity contribution in [3.8, 4) is 0 Å². The lowest BCUT2D eigenvalue weighted by molar-refractivity contribution is -0.141. The number of carbonyl (C=O) groups is 2. The van der Waals surface area contributed by atoms with E-state index in [4.69, 9.17) is 0 Å². The lowest BCUT2D eigenvalue weighted by Gasteiger charge is -2.30. The van der Waals surface area contributed by atoms with Gasteiger partial charge in [-0.25, -0.2) is 0 Å². The Morgan fingerprint density at radius 1 is 0.960 bits per heavy atom. The fourth-order valence-electron chi connectivity index (χ4n) is 3.69. The van der Waals surface area contributed by atoms with E-state index in [9.17, 15) is 19.8 Å². The summed E-state index contributed by atoms with van der Waals surface area (Å²) in [6.45, 7) is 13.4. The number of rotatable bonds is 4. The van der Waals surface area contributed by atoms with Gasteiger partial charge in [-0.05, 0) is 6.42 Å². The highest BCUT2D eigenvalue weighted by atomic mass is 16.3. The molecule has 2 heterocycles. The number of carbonyl (C=O) groups excluding carboxylic acids is 2. The molecule has 0 radical (unpaired) electrons. The fourth-order valence-corrected chi connectivity index (χ4v) is 3.69. The molecule has 2 unspecified atom stereocenters. The van der Waals surface area contributed by atoms with E-state index < -0.39 is 17.6 Å². The van der Waals surface area contributed by atoms with Gasteiger partial charge in [-0.2, -0.15) is 0 Å². The summed E-state index contributed by atoms with van der Waals surface area (Å²) < 4.78 is 0. The van der Waals surface area contributed by atoms with Crippen molar-refractivity contribution in [2.45, 2.75) is 66.6 Å². The summed E-state index contributed by atoms with van der Waals surface area (Å²) in [5.74, 6) is -0.0148. The van der Waals surface area contributed by atoms with Crippen LogP contribution in [0.1, 0.15) is 54.4 Å². The SMILES string of the molecule is CC(C)(CCC(=O)N1CC(O)C(C)(C)C1)C(=O)N1CC(O)C(C)(C)C1. The smallest absolute Gasteiger partial charge is 0.228 e. The van der Waals surface area contributed by atoms with Gasteiger partial charge >= 0.3 is 0 Å². The molecule has 2 aliphatic heterocycles. The van der Waals surface area contributed by atoms with Crippen molar-refractivity contribution in [1.82, 2.24) is 9.80 Å². The zero-order valence-corrected chi connectivity index (χ0v) is 16.5. The Hall–Kier alpha value is -1.14. The summed E-state index contributed by atoms with van der Waals surface area (Å²) in [7, 11) is 0. The third kappa shape index (κ3) is 4.17. The standard InChI is InChI=1S/C19H34N2O4/c1-17(2,16(25)21-10-14(23)19(5,6)12-21)8-7-15(24)20-9-13(22)18(3,4)11-20/h13-14,22-23H,7-12H2,1-6H3. The lowest BCUT2D eigenvalue weighted by atomic mass is 9.85. The van der Waals surface area contributed by atoms with E-state index in [1.165, 1.54) is 0 Å². The van der Waals surface area contributed by atoms with Crippen LogP contribution in [0.4, 0.5) is 0 Å². The molecule has 2 N–H and O–H groups in total. The van der Waals surface area contributed by atoms with Gasteiger partial charge in [0.05, 0.1) is 12.2 Å². The fraction of sp³-hybridized carbons (Fsp3) is 0.895. The Bertz CT molecular complexity index is 542. The lowest BCUT2D eigenvalue weighted by Crippen LogP contribution is -2.41. The molecule has 2 amide bonds. The number of nitrogens with zero attached hydrogens (tertiary/aromatic N) is 2. The molecule has 6 heteroatoms. The minimum atomic E-state index is -0.649. The van der Waals surface area contributed by atoms with Crippen molar-refractivity contribution in [2.75, 3.05) is 26.2 Å². The molecule has 0 saturated carbocycles. The van der Waals surface area contributed by atoms with E-state index in [0.29, 0.717) is 39.0 Å². The molecule has 0 aliphatic carbocycles. The van der Waals surface area contributed by atoms with Gasteiger partial charge in [0.25, 0.3) is 0 Å². The van der Waals surface area contributed by atoms with Crippen molar-refractivity contribution in [1.29, 1.82) is 0 Å². The minimum Gasteiger partial charge on any atom is -0.391 e. The Labute approximate surface area is 151 Å². The van der Waals surface area contributed by atoms with E-state index in [1.54, 1.807) is 9.80 Å². The molecule has 0 spiro atoms. The maximum absolute atomic E-state index is 12.8. The van der Waals surface area contributed by atoms with Crippen molar-refractivity contribution >= 4 is 11.8 Å².